The molecule has 1 aromatic rings. The van der Waals surface area contributed by atoms with Gasteiger partial charge in [-0.2, -0.15) is 0 Å². The maximum Gasteiger partial charge on any atom is 0.273 e. The highest BCUT2D eigenvalue weighted by molar-refractivity contribution is 5.93. The summed E-state index contributed by atoms with van der Waals surface area (Å²) in [6, 6.07) is 2.63. The number of piperidine rings is 1. The van der Waals surface area contributed by atoms with Gasteiger partial charge in [0, 0.05) is 19.3 Å². The Morgan fingerprint density at radius 1 is 1.48 bits per heavy atom. The third-order valence-corrected chi connectivity index (χ3v) is 3.60. The van der Waals surface area contributed by atoms with Gasteiger partial charge in [0.2, 0.25) is 0 Å². The number of carbonyl (C=O) groups excluding carboxylic acids is 1. The highest BCUT2D eigenvalue weighted by atomic mass is 19.1. The maximum atomic E-state index is 13.5. The van der Waals surface area contributed by atoms with Crippen molar-refractivity contribution < 1.29 is 14.3 Å². The smallest absolute Gasteiger partial charge is 0.273 e. The molecule has 1 fully saturated rings. The summed E-state index contributed by atoms with van der Waals surface area (Å²) in [7, 11) is 1.99. The zero-order valence-electron chi connectivity index (χ0n) is 12.9. The van der Waals surface area contributed by atoms with Crippen molar-refractivity contribution >= 4 is 5.91 Å². The van der Waals surface area contributed by atoms with Gasteiger partial charge in [-0.15, -0.1) is 0 Å². The predicted octanol–water partition coefficient (Wildman–Crippen LogP) is 1.43. The van der Waals surface area contributed by atoms with Gasteiger partial charge in [0.15, 0.2) is 11.5 Å². The van der Waals surface area contributed by atoms with Crippen molar-refractivity contribution in [3.05, 3.63) is 29.8 Å². The minimum atomic E-state index is -0.673. The van der Waals surface area contributed by atoms with Crippen LogP contribution >= 0.6 is 0 Å². The molecule has 1 amide bonds. The first kappa shape index (κ1) is 17.5. The number of carbonyl (C=O) groups is 1. The van der Waals surface area contributed by atoms with Crippen molar-refractivity contribution in [3.63, 3.8) is 0 Å². The molecule has 0 unspecified atom stereocenters. The Bertz CT molecular complexity index is 460. The number of aromatic nitrogens is 1. The molecule has 5 nitrogen and oxygen atoms in total. The van der Waals surface area contributed by atoms with Crippen molar-refractivity contribution in [1.82, 2.24) is 15.2 Å². The number of aliphatic hydroxyl groups excluding tert-OH is 1. The number of pyridine rings is 1. The molecule has 1 saturated heterocycles. The van der Waals surface area contributed by atoms with Crippen molar-refractivity contribution in [2.45, 2.75) is 32.2 Å². The average molecular weight is 297 g/mol. The van der Waals surface area contributed by atoms with Crippen molar-refractivity contribution in [2.75, 3.05) is 26.7 Å². The summed E-state index contributed by atoms with van der Waals surface area (Å²) < 4.78 is 13.5. The summed E-state index contributed by atoms with van der Waals surface area (Å²) in [5, 5.41) is 12.3. The van der Waals surface area contributed by atoms with E-state index in [0.29, 0.717) is 12.8 Å². The fourth-order valence-electron chi connectivity index (χ4n) is 2.22. The number of aliphatic hydroxyl groups is 1. The number of halogens is 1. The number of rotatable bonds is 3. The number of amides is 1. The first-order valence-electron chi connectivity index (χ1n) is 7.29. The average Bonchev–Trinajstić information content (AvgIpc) is 2.52. The number of hydrogen-bond acceptors (Lipinski definition) is 4. The second-order valence-corrected chi connectivity index (χ2v) is 5.03. The zero-order chi connectivity index (χ0) is 15.9. The zero-order valence-corrected chi connectivity index (χ0v) is 12.9. The molecule has 2 heterocycles. The van der Waals surface area contributed by atoms with E-state index < -0.39 is 17.3 Å². The van der Waals surface area contributed by atoms with Crippen LogP contribution in [-0.4, -0.2) is 53.2 Å². The summed E-state index contributed by atoms with van der Waals surface area (Å²) in [5.41, 5.74) is -0.901. The molecule has 0 spiro atoms. The monoisotopic (exact) mass is 297 g/mol. The van der Waals surface area contributed by atoms with E-state index in [1.54, 1.807) is 0 Å². The molecule has 118 valence electrons. The molecular weight excluding hydrogens is 273 g/mol. The van der Waals surface area contributed by atoms with Crippen molar-refractivity contribution in [2.24, 2.45) is 0 Å². The molecule has 2 N–H and O–H groups in total. The van der Waals surface area contributed by atoms with E-state index in [2.05, 4.69) is 15.2 Å². The molecule has 1 aliphatic rings. The number of likely N-dealkylation sites (tertiary alicyclic amines) is 1. The van der Waals surface area contributed by atoms with E-state index in [4.69, 9.17) is 0 Å². The van der Waals surface area contributed by atoms with E-state index in [0.717, 1.165) is 13.1 Å². The third-order valence-electron chi connectivity index (χ3n) is 3.60. The molecule has 2 rings (SSSR count). The van der Waals surface area contributed by atoms with Gasteiger partial charge in [0.25, 0.3) is 5.91 Å². The summed E-state index contributed by atoms with van der Waals surface area (Å²) in [5.74, 6) is -1.22. The summed E-state index contributed by atoms with van der Waals surface area (Å²) in [6.07, 6.45) is 2.65. The minimum Gasteiger partial charge on any atom is -0.394 e. The molecule has 6 heteroatoms. The van der Waals surface area contributed by atoms with Crippen LogP contribution in [0.15, 0.2) is 18.3 Å². The highest BCUT2D eigenvalue weighted by Crippen LogP contribution is 2.21. The van der Waals surface area contributed by atoms with Crippen LogP contribution in [0.2, 0.25) is 0 Å². The van der Waals surface area contributed by atoms with Gasteiger partial charge in [-0.3, -0.25) is 4.79 Å². The number of nitrogens with one attached hydrogen (secondary N) is 1. The van der Waals surface area contributed by atoms with Crippen LogP contribution in [0.3, 0.4) is 0 Å². The van der Waals surface area contributed by atoms with Gasteiger partial charge in [0.05, 0.1) is 12.1 Å². The van der Waals surface area contributed by atoms with Crippen LogP contribution in [0, 0.1) is 5.82 Å². The van der Waals surface area contributed by atoms with Crippen LogP contribution in [0.4, 0.5) is 4.39 Å². The van der Waals surface area contributed by atoms with Crippen LogP contribution in [-0.2, 0) is 0 Å². The molecule has 1 aromatic heterocycles. The molecule has 0 atom stereocenters. The second kappa shape index (κ2) is 8.05. The fourth-order valence-corrected chi connectivity index (χ4v) is 2.22. The minimum absolute atomic E-state index is 0.152. The van der Waals surface area contributed by atoms with Gasteiger partial charge in [0.1, 0.15) is 0 Å². The lowest BCUT2D eigenvalue weighted by Gasteiger charge is -2.39. The Morgan fingerprint density at radius 3 is 2.62 bits per heavy atom. The molecule has 0 bridgehead atoms. The Morgan fingerprint density at radius 2 is 2.10 bits per heavy atom. The Hall–Kier alpha value is -1.53. The quantitative estimate of drug-likeness (QED) is 0.886. The first-order chi connectivity index (χ1) is 10.1. The van der Waals surface area contributed by atoms with E-state index >= 15 is 0 Å². The van der Waals surface area contributed by atoms with E-state index in [9.17, 15) is 14.3 Å². The molecule has 21 heavy (non-hydrogen) atoms. The van der Waals surface area contributed by atoms with Gasteiger partial charge in [-0.05, 0) is 32.0 Å². The highest BCUT2D eigenvalue weighted by Gasteiger charge is 2.35. The van der Waals surface area contributed by atoms with Crippen molar-refractivity contribution in [1.29, 1.82) is 0 Å². The largest absolute Gasteiger partial charge is 0.394 e. The van der Waals surface area contributed by atoms with Gasteiger partial charge in [-0.25, -0.2) is 9.37 Å². The van der Waals surface area contributed by atoms with E-state index in [1.807, 2.05) is 20.9 Å². The lowest BCUT2D eigenvalue weighted by molar-refractivity contribution is 0.0656. The van der Waals surface area contributed by atoms with Crippen molar-refractivity contribution in [3.8, 4) is 0 Å². The van der Waals surface area contributed by atoms with Crippen LogP contribution < -0.4 is 5.32 Å². The van der Waals surface area contributed by atoms with Crippen LogP contribution in [0.5, 0.6) is 0 Å². The normalized spacial score (nSPS) is 17.6. The molecule has 1 aliphatic heterocycles. The molecule has 0 aromatic carbocycles. The van der Waals surface area contributed by atoms with E-state index in [-0.39, 0.29) is 12.3 Å². The van der Waals surface area contributed by atoms with Gasteiger partial charge >= 0.3 is 0 Å². The lowest BCUT2D eigenvalue weighted by atomic mass is 9.88. The Labute approximate surface area is 125 Å². The maximum absolute atomic E-state index is 13.5. The van der Waals surface area contributed by atoms with Gasteiger partial charge < -0.3 is 15.3 Å². The molecular formula is C15H24FN3O2. The second-order valence-electron chi connectivity index (χ2n) is 5.03. The fraction of sp³-hybridized carbons (Fsp3) is 0.600. The lowest BCUT2D eigenvalue weighted by Crippen LogP contribution is -2.57. The SMILES string of the molecule is CC.CN1CCC(CO)(NC(=O)c2ncccc2F)CC1. The first-order valence-corrected chi connectivity index (χ1v) is 7.29. The standard InChI is InChI=1S/C13H18FN3O2.C2H6/c1-17-7-4-13(9-18,5-8-17)16-12(19)11-10(14)3-2-6-15-11;1-2/h2-3,6,18H,4-5,7-9H2,1H3,(H,16,19);1-2H3. The Balaban J connectivity index is 0.00000106. The van der Waals surface area contributed by atoms with Gasteiger partial charge in [-0.1, -0.05) is 13.8 Å². The molecule has 0 aliphatic carbocycles. The predicted molar refractivity (Wildman–Crippen MR) is 79.6 cm³/mol. The Kier molecular flexibility index (Phi) is 6.71. The van der Waals surface area contributed by atoms with E-state index in [1.165, 1.54) is 18.3 Å². The number of hydrogen-bond donors (Lipinski definition) is 2. The number of nitrogens with zero attached hydrogens (tertiary/aromatic N) is 2. The summed E-state index contributed by atoms with van der Waals surface area (Å²) in [6.45, 7) is 5.41. The summed E-state index contributed by atoms with van der Waals surface area (Å²) in [4.78, 5) is 17.9. The van der Waals surface area contributed by atoms with Crippen LogP contribution in [0.25, 0.3) is 0 Å². The third kappa shape index (κ3) is 4.47. The molecule has 0 radical (unpaired) electrons. The summed E-state index contributed by atoms with van der Waals surface area (Å²) >= 11 is 0. The van der Waals surface area contributed by atoms with Crippen LogP contribution in [0.1, 0.15) is 37.2 Å². The topological polar surface area (TPSA) is 65.5 Å². The molecule has 0 saturated carbocycles.